The molecule has 114 valence electrons. The summed E-state index contributed by atoms with van der Waals surface area (Å²) in [5, 5.41) is 0.776. The number of carbonyl (C=O) groups is 1. The quantitative estimate of drug-likeness (QED) is 0.418. The van der Waals surface area contributed by atoms with Crippen LogP contribution >= 0.6 is 15.9 Å². The Bertz CT molecular complexity index is 630. The van der Waals surface area contributed by atoms with Gasteiger partial charge >= 0.3 is 0 Å². The van der Waals surface area contributed by atoms with Gasteiger partial charge in [-0.3, -0.25) is 4.79 Å². The van der Waals surface area contributed by atoms with Gasteiger partial charge in [-0.15, -0.1) is 0 Å². The summed E-state index contributed by atoms with van der Waals surface area (Å²) in [7, 11) is 1.62. The van der Waals surface area contributed by atoms with E-state index in [1.165, 1.54) is 0 Å². The summed E-state index contributed by atoms with van der Waals surface area (Å²) in [6.45, 7) is 0.602. The zero-order chi connectivity index (χ0) is 15.8. The average molecular weight is 361 g/mol. The summed E-state index contributed by atoms with van der Waals surface area (Å²) >= 11 is 3.30. The smallest absolute Gasteiger partial charge is 0.185 e. The largest absolute Gasteiger partial charge is 0.497 e. The summed E-state index contributed by atoms with van der Waals surface area (Å²) < 4.78 is 10.6. The molecule has 0 radical (unpaired) electrons. The van der Waals surface area contributed by atoms with Gasteiger partial charge in [0.2, 0.25) is 0 Å². The Morgan fingerprint density at radius 2 is 1.68 bits per heavy atom. The summed E-state index contributed by atoms with van der Waals surface area (Å²) in [4.78, 5) is 12.1. The van der Waals surface area contributed by atoms with Crippen LogP contribution in [0.5, 0.6) is 11.5 Å². The number of methoxy groups -OCH3 is 1. The van der Waals surface area contributed by atoms with Gasteiger partial charge in [0.05, 0.1) is 13.7 Å². The minimum Gasteiger partial charge on any atom is -0.497 e. The molecular formula is C18H17BrO3. The molecule has 0 aliphatic heterocycles. The molecule has 0 aliphatic carbocycles. The number of hydrogen-bond acceptors (Lipinski definition) is 3. The Morgan fingerprint density at radius 1 is 1.05 bits per heavy atom. The van der Waals surface area contributed by atoms with Crippen LogP contribution in [0.2, 0.25) is 0 Å². The van der Waals surface area contributed by atoms with Gasteiger partial charge in [-0.05, 0) is 48.0 Å². The molecule has 0 N–H and O–H groups in total. The molecule has 0 spiro atoms. The Labute approximate surface area is 138 Å². The van der Waals surface area contributed by atoms with Crippen molar-refractivity contribution in [3.8, 4) is 11.5 Å². The van der Waals surface area contributed by atoms with E-state index in [1.54, 1.807) is 43.5 Å². The molecule has 0 aromatic heterocycles. The van der Waals surface area contributed by atoms with Gasteiger partial charge in [-0.25, -0.2) is 0 Å². The maximum absolute atomic E-state index is 12.1. The highest BCUT2D eigenvalue weighted by atomic mass is 79.9. The molecule has 2 rings (SSSR count). The fourth-order valence-corrected chi connectivity index (χ4v) is 2.02. The molecule has 0 amide bonds. The second-order valence-corrected chi connectivity index (χ2v) is 5.33. The fourth-order valence-electron chi connectivity index (χ4n) is 1.86. The summed E-state index contributed by atoms with van der Waals surface area (Å²) in [6.07, 6.45) is 3.35. The molecule has 4 heteroatoms. The van der Waals surface area contributed by atoms with Crippen LogP contribution in [0.3, 0.4) is 0 Å². The first-order chi connectivity index (χ1) is 10.7. The van der Waals surface area contributed by atoms with E-state index in [9.17, 15) is 4.79 Å². The van der Waals surface area contributed by atoms with Gasteiger partial charge in [0.25, 0.3) is 0 Å². The van der Waals surface area contributed by atoms with Gasteiger partial charge in [0.1, 0.15) is 11.5 Å². The van der Waals surface area contributed by atoms with Crippen molar-refractivity contribution in [1.29, 1.82) is 0 Å². The molecule has 0 heterocycles. The fraction of sp³-hybridized carbons (Fsp3) is 0.167. The van der Waals surface area contributed by atoms with Crippen LogP contribution in [0.25, 0.3) is 6.08 Å². The molecule has 2 aromatic rings. The standard InChI is InChI=1S/C18H17BrO3/c1-21-16-7-2-14(3-8-16)4-11-18(20)15-5-9-17(10-6-15)22-13-12-19/h2-11H,12-13H2,1H3/b11-4+. The Hall–Kier alpha value is -2.07. The highest BCUT2D eigenvalue weighted by Gasteiger charge is 2.02. The van der Waals surface area contributed by atoms with Crippen molar-refractivity contribution in [1.82, 2.24) is 0 Å². The van der Waals surface area contributed by atoms with E-state index in [1.807, 2.05) is 24.3 Å². The molecule has 3 nitrogen and oxygen atoms in total. The Morgan fingerprint density at radius 3 is 2.27 bits per heavy atom. The molecular weight excluding hydrogens is 344 g/mol. The molecule has 0 saturated heterocycles. The number of alkyl halides is 1. The van der Waals surface area contributed by atoms with Crippen molar-refractivity contribution in [2.75, 3.05) is 19.0 Å². The SMILES string of the molecule is COc1ccc(/C=C/C(=O)c2ccc(OCCBr)cc2)cc1. The van der Waals surface area contributed by atoms with Crippen LogP contribution in [-0.4, -0.2) is 24.8 Å². The molecule has 0 atom stereocenters. The van der Waals surface area contributed by atoms with E-state index in [-0.39, 0.29) is 5.78 Å². The van der Waals surface area contributed by atoms with Gasteiger partial charge in [-0.1, -0.05) is 34.1 Å². The first kappa shape index (κ1) is 16.3. The van der Waals surface area contributed by atoms with Crippen molar-refractivity contribution < 1.29 is 14.3 Å². The second kappa shape index (κ2) is 8.39. The van der Waals surface area contributed by atoms with Crippen molar-refractivity contribution in [3.63, 3.8) is 0 Å². The summed E-state index contributed by atoms with van der Waals surface area (Å²) in [6, 6.07) is 14.7. The number of ether oxygens (including phenoxy) is 2. The van der Waals surface area contributed by atoms with Crippen LogP contribution in [-0.2, 0) is 0 Å². The number of allylic oxidation sites excluding steroid dienone is 1. The monoisotopic (exact) mass is 360 g/mol. The van der Waals surface area contributed by atoms with E-state index >= 15 is 0 Å². The third-order valence-corrected chi connectivity index (χ3v) is 3.35. The van der Waals surface area contributed by atoms with Gasteiger partial charge in [0.15, 0.2) is 5.78 Å². The van der Waals surface area contributed by atoms with E-state index in [4.69, 9.17) is 9.47 Å². The van der Waals surface area contributed by atoms with E-state index < -0.39 is 0 Å². The number of hydrogen-bond donors (Lipinski definition) is 0. The van der Waals surface area contributed by atoms with E-state index in [0.717, 1.165) is 22.4 Å². The zero-order valence-corrected chi connectivity index (χ0v) is 13.9. The van der Waals surface area contributed by atoms with E-state index in [0.29, 0.717) is 12.2 Å². The molecule has 0 bridgehead atoms. The van der Waals surface area contributed by atoms with Crippen LogP contribution < -0.4 is 9.47 Å². The third kappa shape index (κ3) is 4.74. The molecule has 0 saturated carbocycles. The number of halogens is 1. The van der Waals surface area contributed by atoms with Crippen LogP contribution in [0, 0.1) is 0 Å². The molecule has 0 fully saturated rings. The Kier molecular flexibility index (Phi) is 6.22. The number of rotatable bonds is 7. The van der Waals surface area contributed by atoms with Crippen LogP contribution in [0.15, 0.2) is 54.6 Å². The maximum Gasteiger partial charge on any atom is 0.185 e. The van der Waals surface area contributed by atoms with E-state index in [2.05, 4.69) is 15.9 Å². The topological polar surface area (TPSA) is 35.5 Å². The zero-order valence-electron chi connectivity index (χ0n) is 12.3. The summed E-state index contributed by atoms with van der Waals surface area (Å²) in [5.74, 6) is 1.51. The predicted molar refractivity (Wildman–Crippen MR) is 92.1 cm³/mol. The normalized spacial score (nSPS) is 10.6. The minimum absolute atomic E-state index is 0.0390. The maximum atomic E-state index is 12.1. The molecule has 22 heavy (non-hydrogen) atoms. The van der Waals surface area contributed by atoms with Gasteiger partial charge < -0.3 is 9.47 Å². The summed E-state index contributed by atoms with van der Waals surface area (Å²) in [5.41, 5.74) is 1.59. The number of ketones is 1. The van der Waals surface area contributed by atoms with Crippen LogP contribution in [0.4, 0.5) is 0 Å². The molecule has 0 aliphatic rings. The highest BCUT2D eigenvalue weighted by Crippen LogP contribution is 2.15. The third-order valence-electron chi connectivity index (χ3n) is 3.03. The first-order valence-electron chi connectivity index (χ1n) is 6.88. The lowest BCUT2D eigenvalue weighted by Gasteiger charge is -2.04. The first-order valence-corrected chi connectivity index (χ1v) is 8.00. The Balaban J connectivity index is 1.99. The van der Waals surface area contributed by atoms with Gasteiger partial charge in [0, 0.05) is 10.9 Å². The number of benzene rings is 2. The van der Waals surface area contributed by atoms with Crippen molar-refractivity contribution in [2.24, 2.45) is 0 Å². The van der Waals surface area contributed by atoms with Crippen molar-refractivity contribution >= 4 is 27.8 Å². The predicted octanol–water partition coefficient (Wildman–Crippen LogP) is 4.37. The second-order valence-electron chi connectivity index (χ2n) is 4.53. The average Bonchev–Trinajstić information content (AvgIpc) is 2.58. The lowest BCUT2D eigenvalue weighted by atomic mass is 10.1. The lowest BCUT2D eigenvalue weighted by molar-refractivity contribution is 0.104. The minimum atomic E-state index is -0.0390. The van der Waals surface area contributed by atoms with Crippen LogP contribution in [0.1, 0.15) is 15.9 Å². The molecule has 0 unspecified atom stereocenters. The molecule has 2 aromatic carbocycles. The number of carbonyl (C=O) groups excluding carboxylic acids is 1. The highest BCUT2D eigenvalue weighted by molar-refractivity contribution is 9.09. The lowest BCUT2D eigenvalue weighted by Crippen LogP contribution is -1.99. The van der Waals surface area contributed by atoms with Crippen molar-refractivity contribution in [3.05, 3.63) is 65.7 Å². The van der Waals surface area contributed by atoms with Gasteiger partial charge in [-0.2, -0.15) is 0 Å². The van der Waals surface area contributed by atoms with Crippen molar-refractivity contribution in [2.45, 2.75) is 0 Å².